The van der Waals surface area contributed by atoms with Crippen LogP contribution in [0.4, 0.5) is 11.4 Å². The Balaban J connectivity index is 1.35. The van der Waals surface area contributed by atoms with Crippen molar-refractivity contribution >= 4 is 66.8 Å². The Hall–Kier alpha value is -2.92. The van der Waals surface area contributed by atoms with E-state index in [0.29, 0.717) is 0 Å². The summed E-state index contributed by atoms with van der Waals surface area (Å²) in [6.45, 7) is -0.651. The van der Waals surface area contributed by atoms with Gasteiger partial charge in [0.1, 0.15) is 0 Å². The summed E-state index contributed by atoms with van der Waals surface area (Å²) in [5.41, 5.74) is -0.114. The van der Waals surface area contributed by atoms with E-state index < -0.39 is 35.1 Å². The number of imide groups is 1. The number of esters is 1. The number of nitrogens with zero attached hydrogens (tertiary/aromatic N) is 2. The number of amides is 2. The molecule has 35 heavy (non-hydrogen) atoms. The summed E-state index contributed by atoms with van der Waals surface area (Å²) in [5, 5.41) is 10.9. The normalized spacial score (nSPS) is 28.8. The minimum atomic E-state index is -0.878. The molecule has 5 rings (SSSR count). The number of Topliss-reactive ketones (excluding diaryl/α,β-unsaturated/α-hetero) is 1. The zero-order chi connectivity index (χ0) is 25.0. The smallest absolute Gasteiger partial charge is 0.340 e. The second kappa shape index (κ2) is 8.94. The maximum atomic E-state index is 13.4. The Bertz CT molecular complexity index is 1250. The fourth-order valence-electron chi connectivity index (χ4n) is 5.51. The Morgan fingerprint density at radius 1 is 1.00 bits per heavy atom. The molecule has 180 valence electrons. The number of halogens is 2. The first-order chi connectivity index (χ1) is 16.7. The fourth-order valence-corrected chi connectivity index (χ4v) is 7.39. The van der Waals surface area contributed by atoms with Crippen molar-refractivity contribution in [1.29, 1.82) is 0 Å². The van der Waals surface area contributed by atoms with E-state index in [0.717, 1.165) is 17.4 Å². The Kier molecular flexibility index (Phi) is 6.08. The zero-order valence-electron chi connectivity index (χ0n) is 18.0. The summed E-state index contributed by atoms with van der Waals surface area (Å²) >= 11 is 7.30. The molecular formula is C24H18Br2N2O7. The largest absolute Gasteiger partial charge is 0.454 e. The molecule has 2 saturated carbocycles. The first-order valence-electron chi connectivity index (χ1n) is 10.9. The van der Waals surface area contributed by atoms with Crippen molar-refractivity contribution in [2.24, 2.45) is 23.7 Å². The third-order valence-electron chi connectivity index (χ3n) is 7.07. The number of hydrogen-bond donors (Lipinski definition) is 0. The number of carbonyl (C=O) groups excluding carboxylic acids is 4. The average Bonchev–Trinajstić information content (AvgIpc) is 3.47. The predicted molar refractivity (Wildman–Crippen MR) is 131 cm³/mol. The molecule has 0 N–H and O–H groups in total. The van der Waals surface area contributed by atoms with Crippen LogP contribution in [0.25, 0.3) is 0 Å². The molecule has 2 aliphatic carbocycles. The van der Waals surface area contributed by atoms with E-state index in [1.807, 2.05) is 0 Å². The molecule has 1 heterocycles. The summed E-state index contributed by atoms with van der Waals surface area (Å²) in [6, 6.07) is 11.2. The van der Waals surface area contributed by atoms with Crippen LogP contribution >= 0.6 is 31.9 Å². The van der Waals surface area contributed by atoms with Crippen molar-refractivity contribution in [1.82, 2.24) is 0 Å². The molecule has 11 heteroatoms. The SMILES string of the molecule is O=C(COC(=O)c1ccccc1N1C(=O)[C@H]2[C@@H]3C[C@H]([C@@H](Br)[C@H]3Br)[C@@H]2C1=O)c1cccc([N+](=O)[O-])c1. The number of fused-ring (bicyclic) bond motifs is 5. The highest BCUT2D eigenvalue weighted by atomic mass is 79.9. The van der Waals surface area contributed by atoms with Gasteiger partial charge < -0.3 is 4.74 Å². The van der Waals surface area contributed by atoms with Gasteiger partial charge in [-0.25, -0.2) is 9.69 Å². The van der Waals surface area contributed by atoms with Gasteiger partial charge in [0.15, 0.2) is 6.61 Å². The van der Waals surface area contributed by atoms with Gasteiger partial charge in [0.2, 0.25) is 17.6 Å². The number of benzene rings is 2. The summed E-state index contributed by atoms with van der Waals surface area (Å²) in [5.74, 6) is -2.98. The van der Waals surface area contributed by atoms with Crippen LogP contribution in [0.2, 0.25) is 0 Å². The van der Waals surface area contributed by atoms with E-state index in [9.17, 15) is 29.3 Å². The lowest BCUT2D eigenvalue weighted by molar-refractivity contribution is -0.384. The molecule has 0 radical (unpaired) electrons. The van der Waals surface area contributed by atoms with Gasteiger partial charge in [0, 0.05) is 27.4 Å². The van der Waals surface area contributed by atoms with E-state index in [1.165, 1.54) is 30.3 Å². The maximum absolute atomic E-state index is 13.4. The highest BCUT2D eigenvalue weighted by molar-refractivity contribution is 9.12. The topological polar surface area (TPSA) is 124 Å². The number of carbonyl (C=O) groups is 4. The van der Waals surface area contributed by atoms with Crippen LogP contribution in [0.5, 0.6) is 0 Å². The molecule has 3 fully saturated rings. The van der Waals surface area contributed by atoms with E-state index in [4.69, 9.17) is 4.74 Å². The van der Waals surface area contributed by atoms with E-state index >= 15 is 0 Å². The highest BCUT2D eigenvalue weighted by Gasteiger charge is 2.66. The van der Waals surface area contributed by atoms with Crippen LogP contribution in [0.1, 0.15) is 27.1 Å². The number of non-ortho nitro benzene ring substituents is 1. The molecule has 0 unspecified atom stereocenters. The van der Waals surface area contributed by atoms with Crippen molar-refractivity contribution < 1.29 is 28.8 Å². The summed E-state index contributed by atoms with van der Waals surface area (Å²) in [7, 11) is 0. The minimum Gasteiger partial charge on any atom is -0.454 e. The van der Waals surface area contributed by atoms with Gasteiger partial charge in [-0.3, -0.25) is 24.5 Å². The lowest BCUT2D eigenvalue weighted by Crippen LogP contribution is -2.37. The monoisotopic (exact) mass is 604 g/mol. The molecule has 0 aromatic heterocycles. The van der Waals surface area contributed by atoms with Crippen LogP contribution in [0, 0.1) is 33.8 Å². The number of hydrogen-bond acceptors (Lipinski definition) is 7. The van der Waals surface area contributed by atoms with Crippen LogP contribution in [0.3, 0.4) is 0 Å². The molecule has 3 aliphatic rings. The number of ether oxygens (including phenoxy) is 1. The maximum Gasteiger partial charge on any atom is 0.340 e. The third kappa shape index (κ3) is 3.81. The molecule has 0 spiro atoms. The summed E-state index contributed by atoms with van der Waals surface area (Å²) in [6.07, 6.45) is 0.788. The molecule has 1 saturated heterocycles. The van der Waals surface area contributed by atoms with Crippen LogP contribution < -0.4 is 4.90 Å². The molecule has 6 atom stereocenters. The van der Waals surface area contributed by atoms with Crippen LogP contribution in [0.15, 0.2) is 48.5 Å². The van der Waals surface area contributed by atoms with Gasteiger partial charge in [-0.1, -0.05) is 56.1 Å². The van der Waals surface area contributed by atoms with Crippen molar-refractivity contribution in [3.8, 4) is 0 Å². The molecule has 2 aromatic rings. The van der Waals surface area contributed by atoms with Crippen molar-refractivity contribution in [3.63, 3.8) is 0 Å². The van der Waals surface area contributed by atoms with Crippen molar-refractivity contribution in [2.45, 2.75) is 16.1 Å². The second-order valence-corrected chi connectivity index (χ2v) is 11.0. The number of rotatable bonds is 6. The summed E-state index contributed by atoms with van der Waals surface area (Å²) in [4.78, 5) is 63.6. The summed E-state index contributed by atoms with van der Waals surface area (Å²) < 4.78 is 5.18. The average molecular weight is 606 g/mol. The van der Waals surface area contributed by atoms with Crippen molar-refractivity contribution in [2.75, 3.05) is 11.5 Å². The number of ketones is 1. The quantitative estimate of drug-likeness (QED) is 0.122. The van der Waals surface area contributed by atoms with E-state index in [-0.39, 0.29) is 55.8 Å². The lowest BCUT2D eigenvalue weighted by atomic mass is 9.81. The third-order valence-corrected chi connectivity index (χ3v) is 10.3. The van der Waals surface area contributed by atoms with Gasteiger partial charge >= 0.3 is 5.97 Å². The van der Waals surface area contributed by atoms with Gasteiger partial charge in [-0.15, -0.1) is 0 Å². The number of para-hydroxylation sites is 1. The number of alkyl halides is 2. The van der Waals surface area contributed by atoms with Crippen LogP contribution in [-0.4, -0.2) is 44.8 Å². The van der Waals surface area contributed by atoms with Crippen LogP contribution in [-0.2, 0) is 14.3 Å². The fraction of sp³-hybridized carbons (Fsp3) is 0.333. The standard InChI is InChI=1S/C24H18Br2N2O7/c25-20-14-9-15(21(20)26)19-18(14)22(30)27(23(19)31)16-7-2-1-6-13(16)24(32)35-10-17(29)11-4-3-5-12(8-11)28(33)34/h1-8,14-15,18-21H,9-10H2/t14-,15-,18-,19-,20-,21+/m0/s1. The van der Waals surface area contributed by atoms with Gasteiger partial charge in [0.25, 0.3) is 5.69 Å². The molecule has 2 bridgehead atoms. The molecule has 2 aromatic carbocycles. The first-order valence-corrected chi connectivity index (χ1v) is 12.7. The van der Waals surface area contributed by atoms with E-state index in [2.05, 4.69) is 31.9 Å². The lowest BCUT2D eigenvalue weighted by Gasteiger charge is -2.28. The first kappa shape index (κ1) is 23.8. The highest BCUT2D eigenvalue weighted by Crippen LogP contribution is 2.60. The van der Waals surface area contributed by atoms with E-state index in [1.54, 1.807) is 12.1 Å². The molecular weight excluding hydrogens is 588 g/mol. The van der Waals surface area contributed by atoms with Gasteiger partial charge in [-0.2, -0.15) is 0 Å². The second-order valence-electron chi connectivity index (χ2n) is 8.84. The number of anilines is 1. The van der Waals surface area contributed by atoms with Gasteiger partial charge in [-0.05, 0) is 30.4 Å². The van der Waals surface area contributed by atoms with Gasteiger partial charge in [0.05, 0.1) is 28.0 Å². The number of nitro groups is 1. The zero-order valence-corrected chi connectivity index (χ0v) is 21.2. The number of nitro benzene ring substituents is 1. The molecule has 9 nitrogen and oxygen atoms in total. The Morgan fingerprint density at radius 2 is 1.63 bits per heavy atom. The minimum absolute atomic E-state index is 0.0147. The predicted octanol–water partition coefficient (Wildman–Crippen LogP) is 3.92. The Labute approximate surface area is 216 Å². The molecule has 1 aliphatic heterocycles. The Morgan fingerprint density at radius 3 is 2.26 bits per heavy atom. The van der Waals surface area contributed by atoms with Crippen molar-refractivity contribution in [3.05, 3.63) is 69.8 Å². The molecule has 2 amide bonds.